The lowest BCUT2D eigenvalue weighted by molar-refractivity contribution is -0.384. The molecule has 6 rings (SSSR count). The number of carbonyl (C=O) groups is 1. The molecule has 41 heavy (non-hydrogen) atoms. The van der Waals surface area contributed by atoms with E-state index in [9.17, 15) is 14.9 Å². The number of non-ortho nitro benzene ring substituents is 1. The summed E-state index contributed by atoms with van der Waals surface area (Å²) in [5.74, 6) is 0.307. The average Bonchev–Trinajstić information content (AvgIpc) is 3.39. The summed E-state index contributed by atoms with van der Waals surface area (Å²) in [4.78, 5) is 33.8. The van der Waals surface area contributed by atoms with E-state index in [2.05, 4.69) is 33.7 Å². The van der Waals surface area contributed by atoms with Gasteiger partial charge >= 0.3 is 0 Å². The van der Waals surface area contributed by atoms with Crippen molar-refractivity contribution in [2.24, 2.45) is 5.92 Å². The largest absolute Gasteiger partial charge is 0.381 e. The summed E-state index contributed by atoms with van der Waals surface area (Å²) in [5.41, 5.74) is 5.45. The van der Waals surface area contributed by atoms with Crippen molar-refractivity contribution in [2.45, 2.75) is 38.3 Å². The first-order chi connectivity index (χ1) is 20.0. The van der Waals surface area contributed by atoms with Crippen LogP contribution >= 0.6 is 0 Å². The number of ether oxygens (including phenoxy) is 1. The lowest BCUT2D eigenvalue weighted by Crippen LogP contribution is -2.50. The van der Waals surface area contributed by atoms with E-state index in [0.29, 0.717) is 19.6 Å². The Hall–Kier alpha value is -4.08. The first kappa shape index (κ1) is 27.1. The summed E-state index contributed by atoms with van der Waals surface area (Å²) in [5, 5.41) is 11.5. The number of rotatable bonds is 7. The van der Waals surface area contributed by atoms with Crippen LogP contribution in [0.5, 0.6) is 0 Å². The molecule has 0 radical (unpaired) electrons. The van der Waals surface area contributed by atoms with Crippen molar-refractivity contribution in [1.82, 2.24) is 19.2 Å². The Kier molecular flexibility index (Phi) is 7.80. The van der Waals surface area contributed by atoms with E-state index in [1.807, 2.05) is 35.2 Å². The zero-order chi connectivity index (χ0) is 28.3. The number of piperazine rings is 1. The molecule has 1 amide bonds. The van der Waals surface area contributed by atoms with Gasteiger partial charge in [-0.3, -0.25) is 19.8 Å². The number of aromatic nitrogens is 2. The van der Waals surface area contributed by atoms with Crippen molar-refractivity contribution in [1.29, 1.82) is 0 Å². The summed E-state index contributed by atoms with van der Waals surface area (Å²) >= 11 is 0. The van der Waals surface area contributed by atoms with Crippen molar-refractivity contribution < 1.29 is 14.5 Å². The van der Waals surface area contributed by atoms with E-state index in [1.165, 1.54) is 6.07 Å². The minimum Gasteiger partial charge on any atom is -0.381 e. The number of hydrogen-bond acceptors (Lipinski definition) is 6. The van der Waals surface area contributed by atoms with Crippen LogP contribution in [0, 0.1) is 16.0 Å². The lowest BCUT2D eigenvalue weighted by atomic mass is 9.86. The van der Waals surface area contributed by atoms with Crippen LogP contribution in [0.4, 0.5) is 5.69 Å². The SMILES string of the molecule is CO[C@@H]1CCC[C@@H](C(=O)N2CCN(Cc3c(-c4cccc([N+](=O)[O-])c4)nc4ccc(-c5ccccc5)cn34)CC2)C1. The number of pyridine rings is 1. The molecule has 0 bridgehead atoms. The van der Waals surface area contributed by atoms with Crippen LogP contribution in [0.2, 0.25) is 0 Å². The minimum atomic E-state index is -0.371. The second-order valence-corrected chi connectivity index (χ2v) is 11.0. The third kappa shape index (κ3) is 5.73. The Morgan fingerprint density at radius 2 is 1.76 bits per heavy atom. The standard InChI is InChI=1S/C32H35N5O4/c1-41-28-12-6-10-25(20-28)32(38)35-17-15-34(16-18-35)22-29-31(24-9-5-11-27(19-24)37(39)40)33-30-14-13-26(21-36(29)30)23-7-3-2-4-8-23/h2-5,7-9,11,13-14,19,21,25,28H,6,10,12,15-18,20,22H2,1H3/t25-,28-/m1/s1. The number of amides is 1. The van der Waals surface area contributed by atoms with Gasteiger partial charge in [-0.1, -0.05) is 48.9 Å². The predicted octanol–water partition coefficient (Wildman–Crippen LogP) is 5.43. The van der Waals surface area contributed by atoms with Crippen molar-refractivity contribution >= 4 is 17.2 Å². The number of carbonyl (C=O) groups excluding carboxylic acids is 1. The number of fused-ring (bicyclic) bond motifs is 1. The number of nitrogens with zero attached hydrogens (tertiary/aromatic N) is 5. The Morgan fingerprint density at radius 3 is 2.51 bits per heavy atom. The minimum absolute atomic E-state index is 0.0426. The molecule has 4 aromatic rings. The highest BCUT2D eigenvalue weighted by Gasteiger charge is 2.32. The van der Waals surface area contributed by atoms with Crippen molar-refractivity contribution in [3.05, 3.63) is 88.7 Å². The van der Waals surface area contributed by atoms with Gasteiger partial charge in [-0.05, 0) is 42.5 Å². The molecule has 1 aliphatic carbocycles. The van der Waals surface area contributed by atoms with Crippen LogP contribution in [0.3, 0.4) is 0 Å². The molecule has 2 aliphatic rings. The third-order valence-corrected chi connectivity index (χ3v) is 8.52. The molecule has 0 N–H and O–H groups in total. The van der Waals surface area contributed by atoms with Crippen LogP contribution in [0.15, 0.2) is 72.9 Å². The van der Waals surface area contributed by atoms with Gasteiger partial charge in [0, 0.05) is 69.6 Å². The first-order valence-electron chi connectivity index (χ1n) is 14.4. The van der Waals surface area contributed by atoms with Gasteiger partial charge < -0.3 is 14.0 Å². The third-order valence-electron chi connectivity index (χ3n) is 8.52. The quantitative estimate of drug-likeness (QED) is 0.224. The van der Waals surface area contributed by atoms with Gasteiger partial charge in [0.15, 0.2) is 0 Å². The number of methoxy groups -OCH3 is 1. The van der Waals surface area contributed by atoms with Gasteiger partial charge in [-0.2, -0.15) is 0 Å². The zero-order valence-electron chi connectivity index (χ0n) is 23.3. The number of nitro benzene ring substituents is 1. The zero-order valence-corrected chi connectivity index (χ0v) is 23.3. The molecule has 9 nitrogen and oxygen atoms in total. The first-order valence-corrected chi connectivity index (χ1v) is 14.4. The maximum Gasteiger partial charge on any atom is 0.270 e. The average molecular weight is 554 g/mol. The topological polar surface area (TPSA) is 93.2 Å². The van der Waals surface area contributed by atoms with E-state index < -0.39 is 0 Å². The maximum absolute atomic E-state index is 13.3. The molecule has 9 heteroatoms. The van der Waals surface area contributed by atoms with Gasteiger partial charge in [0.1, 0.15) is 5.65 Å². The normalized spacial score (nSPS) is 19.9. The number of imidazole rings is 1. The predicted molar refractivity (Wildman–Crippen MR) is 157 cm³/mol. The molecular weight excluding hydrogens is 518 g/mol. The summed E-state index contributed by atoms with van der Waals surface area (Å²) in [7, 11) is 1.74. The van der Waals surface area contributed by atoms with Crippen molar-refractivity contribution in [2.75, 3.05) is 33.3 Å². The fourth-order valence-corrected chi connectivity index (χ4v) is 6.22. The number of nitro groups is 1. The van der Waals surface area contributed by atoms with Crippen LogP contribution < -0.4 is 0 Å². The molecule has 0 spiro atoms. The van der Waals surface area contributed by atoms with Gasteiger partial charge in [0.05, 0.1) is 22.4 Å². The molecular formula is C32H35N5O4. The molecule has 1 aliphatic heterocycles. The summed E-state index contributed by atoms with van der Waals surface area (Å²) < 4.78 is 7.66. The molecule has 2 atom stereocenters. The van der Waals surface area contributed by atoms with Crippen molar-refractivity contribution in [3.63, 3.8) is 0 Å². The molecule has 1 saturated heterocycles. The molecule has 3 heterocycles. The second-order valence-electron chi connectivity index (χ2n) is 11.0. The molecule has 212 valence electrons. The Balaban J connectivity index is 1.27. The fraction of sp³-hybridized carbons (Fsp3) is 0.375. The molecule has 2 aromatic carbocycles. The Bertz CT molecular complexity index is 1540. The number of hydrogen-bond donors (Lipinski definition) is 0. The monoisotopic (exact) mass is 553 g/mol. The van der Waals surface area contributed by atoms with Crippen LogP contribution in [-0.2, 0) is 16.1 Å². The highest BCUT2D eigenvalue weighted by molar-refractivity contribution is 5.79. The van der Waals surface area contributed by atoms with Crippen LogP contribution in [0.1, 0.15) is 31.4 Å². The summed E-state index contributed by atoms with van der Waals surface area (Å²) in [6.07, 6.45) is 6.11. The highest BCUT2D eigenvalue weighted by Crippen LogP contribution is 2.31. The maximum atomic E-state index is 13.3. The Labute approximate surface area is 239 Å². The van der Waals surface area contributed by atoms with Gasteiger partial charge in [-0.25, -0.2) is 4.98 Å². The molecule has 1 saturated carbocycles. The Morgan fingerprint density at radius 1 is 0.976 bits per heavy atom. The molecule has 2 aromatic heterocycles. The van der Waals surface area contributed by atoms with E-state index in [0.717, 1.165) is 72.5 Å². The van der Waals surface area contributed by atoms with E-state index in [4.69, 9.17) is 9.72 Å². The number of benzene rings is 2. The fourth-order valence-electron chi connectivity index (χ4n) is 6.22. The van der Waals surface area contributed by atoms with E-state index in [1.54, 1.807) is 19.2 Å². The van der Waals surface area contributed by atoms with Crippen LogP contribution in [-0.4, -0.2) is 69.4 Å². The molecule has 2 fully saturated rings. The van der Waals surface area contributed by atoms with E-state index >= 15 is 0 Å². The second kappa shape index (κ2) is 11.8. The van der Waals surface area contributed by atoms with E-state index in [-0.39, 0.29) is 28.5 Å². The van der Waals surface area contributed by atoms with Gasteiger partial charge in [0.2, 0.25) is 5.91 Å². The van der Waals surface area contributed by atoms with Gasteiger partial charge in [0.25, 0.3) is 5.69 Å². The summed E-state index contributed by atoms with van der Waals surface area (Å²) in [6.45, 7) is 3.50. The van der Waals surface area contributed by atoms with Gasteiger partial charge in [-0.15, -0.1) is 0 Å². The van der Waals surface area contributed by atoms with Crippen molar-refractivity contribution in [3.8, 4) is 22.4 Å². The summed E-state index contributed by atoms with van der Waals surface area (Å²) in [6, 6.07) is 20.9. The lowest BCUT2D eigenvalue weighted by Gasteiger charge is -2.38. The smallest absolute Gasteiger partial charge is 0.270 e. The highest BCUT2D eigenvalue weighted by atomic mass is 16.6. The molecule has 0 unspecified atom stereocenters. The van der Waals surface area contributed by atoms with Crippen LogP contribution in [0.25, 0.3) is 28.0 Å².